The molecule has 4 aliphatic rings. The smallest absolute Gasteiger partial charge is 0.122 e. The van der Waals surface area contributed by atoms with Crippen molar-refractivity contribution in [2.75, 3.05) is 26.4 Å². The van der Waals surface area contributed by atoms with Gasteiger partial charge in [-0.3, -0.25) is 0 Å². The van der Waals surface area contributed by atoms with Crippen molar-refractivity contribution in [3.05, 3.63) is 141 Å². The molecule has 0 bridgehead atoms. The predicted octanol–water partition coefficient (Wildman–Crippen LogP) is 7.38. The minimum atomic E-state index is -0.0481. The summed E-state index contributed by atoms with van der Waals surface area (Å²) in [6.45, 7) is 2.96. The van der Waals surface area contributed by atoms with Crippen molar-refractivity contribution in [1.29, 1.82) is 0 Å². The third-order valence-electron chi connectivity index (χ3n) is 9.40. The Balaban J connectivity index is 1.17. The summed E-state index contributed by atoms with van der Waals surface area (Å²) in [4.78, 5) is 0. The van der Waals surface area contributed by atoms with Crippen LogP contribution in [0.1, 0.15) is 67.9 Å². The molecule has 0 amide bonds. The minimum Gasteiger partial charge on any atom is -0.493 e. The van der Waals surface area contributed by atoms with Crippen molar-refractivity contribution in [2.24, 2.45) is 0 Å². The lowest BCUT2D eigenvalue weighted by Gasteiger charge is -2.20. The molecule has 4 aromatic carbocycles. The quantitative estimate of drug-likeness (QED) is 0.214. The Morgan fingerprint density at radius 3 is 0.977 bits per heavy atom. The SMILES string of the molecule is c1cc2c(cc1C(c1ccc3c(c1)CCO3)c1ccc(C(c3ccc4c(c3)CCO4)c3ccc4c(c3)CCO4)o1)CCO2. The van der Waals surface area contributed by atoms with Gasteiger partial charge < -0.3 is 23.4 Å². The van der Waals surface area contributed by atoms with Crippen LogP contribution in [0, 0.1) is 0 Å². The topological polar surface area (TPSA) is 50.1 Å². The zero-order valence-electron chi connectivity index (χ0n) is 23.9. The molecule has 5 heteroatoms. The van der Waals surface area contributed by atoms with E-state index in [0.717, 1.165) is 86.6 Å². The van der Waals surface area contributed by atoms with Crippen LogP contribution < -0.4 is 18.9 Å². The van der Waals surface area contributed by atoms with E-state index in [9.17, 15) is 0 Å². The first kappa shape index (κ1) is 24.9. The molecule has 0 saturated heterocycles. The molecule has 9 rings (SSSR count). The number of hydrogen-bond acceptors (Lipinski definition) is 5. The Kier molecular flexibility index (Phi) is 5.78. The Labute approximate surface area is 251 Å². The lowest BCUT2D eigenvalue weighted by molar-refractivity contribution is 0.356. The zero-order chi connectivity index (χ0) is 28.3. The number of fused-ring (bicyclic) bond motifs is 4. The van der Waals surface area contributed by atoms with Gasteiger partial charge in [-0.1, -0.05) is 48.5 Å². The normalized spacial score (nSPS) is 15.9. The number of furan rings is 1. The third kappa shape index (κ3) is 4.29. The predicted molar refractivity (Wildman–Crippen MR) is 163 cm³/mol. The van der Waals surface area contributed by atoms with Crippen molar-refractivity contribution in [3.8, 4) is 23.0 Å². The standard InChI is InChI=1S/C38H32O5/c1-5-31-23(11-15-39-31)19-27(1)37(28-2-6-32-24(20-28)12-16-40-32)35-9-10-36(43-35)38(29-3-7-33-25(21-29)13-17-41-33)30-4-8-34-26(22-30)14-18-42-34/h1-10,19-22,37-38H,11-18H2. The maximum atomic E-state index is 6.98. The molecule has 0 fully saturated rings. The molecule has 5 aromatic rings. The molecular formula is C38H32O5. The van der Waals surface area contributed by atoms with Crippen molar-refractivity contribution in [3.63, 3.8) is 0 Å². The maximum absolute atomic E-state index is 6.98. The third-order valence-corrected chi connectivity index (χ3v) is 9.40. The highest BCUT2D eigenvalue weighted by atomic mass is 16.5. The van der Waals surface area contributed by atoms with E-state index in [0.29, 0.717) is 0 Å². The number of rotatable bonds is 6. The summed E-state index contributed by atoms with van der Waals surface area (Å²) in [5.74, 6) is 5.74. The summed E-state index contributed by atoms with van der Waals surface area (Å²) >= 11 is 0. The second kappa shape index (κ2) is 9.98. The highest BCUT2D eigenvalue weighted by molar-refractivity contribution is 5.52. The average molecular weight is 569 g/mol. The molecule has 0 N–H and O–H groups in total. The lowest BCUT2D eigenvalue weighted by Crippen LogP contribution is -2.05. The van der Waals surface area contributed by atoms with E-state index >= 15 is 0 Å². The summed E-state index contributed by atoms with van der Waals surface area (Å²) < 4.78 is 30.4. The molecule has 4 aliphatic heterocycles. The van der Waals surface area contributed by atoms with Gasteiger partial charge in [0.2, 0.25) is 0 Å². The molecule has 0 unspecified atom stereocenters. The molecule has 1 aromatic heterocycles. The van der Waals surface area contributed by atoms with Crippen molar-refractivity contribution >= 4 is 0 Å². The van der Waals surface area contributed by atoms with Crippen molar-refractivity contribution < 1.29 is 23.4 Å². The van der Waals surface area contributed by atoms with Crippen molar-refractivity contribution in [1.82, 2.24) is 0 Å². The number of benzene rings is 4. The van der Waals surface area contributed by atoms with Crippen LogP contribution in [-0.4, -0.2) is 26.4 Å². The largest absolute Gasteiger partial charge is 0.493 e. The van der Waals surface area contributed by atoms with Crippen molar-refractivity contribution in [2.45, 2.75) is 37.5 Å². The lowest BCUT2D eigenvalue weighted by atomic mass is 9.86. The number of ether oxygens (including phenoxy) is 4. The molecule has 0 aliphatic carbocycles. The van der Waals surface area contributed by atoms with Gasteiger partial charge in [-0.05, 0) is 80.9 Å². The van der Waals surface area contributed by atoms with Crippen LogP contribution in [0.15, 0.2) is 89.3 Å². The van der Waals surface area contributed by atoms with Gasteiger partial charge in [0, 0.05) is 25.7 Å². The Morgan fingerprint density at radius 2 is 0.674 bits per heavy atom. The van der Waals surface area contributed by atoms with Crippen LogP contribution in [-0.2, 0) is 25.7 Å². The van der Waals surface area contributed by atoms with E-state index in [4.69, 9.17) is 23.4 Å². The molecule has 5 nitrogen and oxygen atoms in total. The molecule has 214 valence electrons. The average Bonchev–Trinajstić information content (AvgIpc) is 3.87. The summed E-state index contributed by atoms with van der Waals surface area (Å²) in [7, 11) is 0. The fraction of sp³-hybridized carbons (Fsp3) is 0.263. The second-order valence-electron chi connectivity index (χ2n) is 12.0. The summed E-state index contributed by atoms with van der Waals surface area (Å²) in [6.07, 6.45) is 3.74. The molecular weight excluding hydrogens is 536 g/mol. The molecule has 5 heterocycles. The maximum Gasteiger partial charge on any atom is 0.122 e. The van der Waals surface area contributed by atoms with Gasteiger partial charge in [-0.15, -0.1) is 0 Å². The zero-order valence-corrected chi connectivity index (χ0v) is 23.9. The molecule has 43 heavy (non-hydrogen) atoms. The van der Waals surface area contributed by atoms with Gasteiger partial charge in [-0.2, -0.15) is 0 Å². The van der Waals surface area contributed by atoms with Gasteiger partial charge in [0.25, 0.3) is 0 Å². The fourth-order valence-corrected chi connectivity index (χ4v) is 7.26. The first-order valence-electron chi connectivity index (χ1n) is 15.4. The van der Waals surface area contributed by atoms with Gasteiger partial charge in [-0.25, -0.2) is 0 Å². The number of hydrogen-bond donors (Lipinski definition) is 0. The van der Waals surface area contributed by atoms with E-state index in [-0.39, 0.29) is 11.8 Å². The first-order valence-corrected chi connectivity index (χ1v) is 15.4. The minimum absolute atomic E-state index is 0.0481. The summed E-state index contributed by atoms with van der Waals surface area (Å²) in [5.41, 5.74) is 9.90. The Bertz CT molecular complexity index is 1620. The summed E-state index contributed by atoms with van der Waals surface area (Å²) in [5, 5.41) is 0. The molecule has 0 atom stereocenters. The fourth-order valence-electron chi connectivity index (χ4n) is 7.26. The Morgan fingerprint density at radius 1 is 0.372 bits per heavy atom. The van der Waals surface area contributed by atoms with Crippen LogP contribution in [0.2, 0.25) is 0 Å². The highest BCUT2D eigenvalue weighted by Gasteiger charge is 2.29. The van der Waals surface area contributed by atoms with Crippen LogP contribution in [0.5, 0.6) is 23.0 Å². The van der Waals surface area contributed by atoms with Crippen LogP contribution >= 0.6 is 0 Å². The van der Waals surface area contributed by atoms with Gasteiger partial charge in [0.05, 0.1) is 38.3 Å². The monoisotopic (exact) mass is 568 g/mol. The molecule has 0 radical (unpaired) electrons. The summed E-state index contributed by atoms with van der Waals surface area (Å²) in [6, 6.07) is 30.8. The van der Waals surface area contributed by atoms with Crippen LogP contribution in [0.3, 0.4) is 0 Å². The van der Waals surface area contributed by atoms with Crippen LogP contribution in [0.25, 0.3) is 0 Å². The molecule has 0 saturated carbocycles. The van der Waals surface area contributed by atoms with E-state index in [1.54, 1.807) is 0 Å². The van der Waals surface area contributed by atoms with Crippen LogP contribution in [0.4, 0.5) is 0 Å². The first-order chi connectivity index (χ1) is 21.3. The van der Waals surface area contributed by atoms with E-state index in [1.165, 1.54) is 44.5 Å². The molecule has 0 spiro atoms. The van der Waals surface area contributed by atoms with Gasteiger partial charge in [0.15, 0.2) is 0 Å². The van der Waals surface area contributed by atoms with E-state index in [1.807, 2.05) is 0 Å². The van der Waals surface area contributed by atoms with Gasteiger partial charge in [0.1, 0.15) is 34.5 Å². The van der Waals surface area contributed by atoms with E-state index in [2.05, 4.69) is 84.9 Å². The second-order valence-corrected chi connectivity index (χ2v) is 12.0. The van der Waals surface area contributed by atoms with Gasteiger partial charge >= 0.3 is 0 Å². The highest BCUT2D eigenvalue weighted by Crippen LogP contribution is 2.43. The van der Waals surface area contributed by atoms with E-state index < -0.39 is 0 Å². The Hall–Kier alpha value is -4.64.